The Morgan fingerprint density at radius 2 is 1.72 bits per heavy atom. The molecule has 5 aliphatic carbocycles. The van der Waals surface area contributed by atoms with Crippen LogP contribution in [0.3, 0.4) is 0 Å². The van der Waals surface area contributed by atoms with E-state index in [0.717, 1.165) is 32.1 Å². The van der Waals surface area contributed by atoms with E-state index in [1.807, 2.05) is 0 Å². The van der Waals surface area contributed by atoms with Crippen molar-refractivity contribution in [1.82, 2.24) is 0 Å². The van der Waals surface area contributed by atoms with E-state index in [1.165, 1.54) is 5.57 Å². The Morgan fingerprint density at radius 1 is 1.03 bits per heavy atom. The van der Waals surface area contributed by atoms with E-state index in [1.54, 1.807) is 13.8 Å². The van der Waals surface area contributed by atoms with Crippen LogP contribution < -0.4 is 0 Å². The zero-order valence-electron chi connectivity index (χ0n) is 23.0. The van der Waals surface area contributed by atoms with Crippen molar-refractivity contribution in [2.24, 2.45) is 44.8 Å². The van der Waals surface area contributed by atoms with Crippen LogP contribution in [-0.2, 0) is 9.47 Å². The Kier molecular flexibility index (Phi) is 4.39. The smallest absolute Gasteiger partial charge is 0.200 e. The summed E-state index contributed by atoms with van der Waals surface area (Å²) in [6.45, 7) is 14.5. The third-order valence-electron chi connectivity index (χ3n) is 13.6. The largest absolute Gasteiger partial charge is 0.393 e. The van der Waals surface area contributed by atoms with Crippen molar-refractivity contribution in [3.63, 3.8) is 0 Å². The third kappa shape index (κ3) is 2.25. The van der Waals surface area contributed by atoms with Crippen molar-refractivity contribution in [3.05, 3.63) is 11.6 Å². The molecule has 6 nitrogen and oxygen atoms in total. The van der Waals surface area contributed by atoms with E-state index in [4.69, 9.17) is 9.47 Å². The highest BCUT2D eigenvalue weighted by Crippen LogP contribution is 2.89. The average Bonchev–Trinajstić information content (AvgIpc) is 3.27. The molecule has 0 amide bonds. The van der Waals surface area contributed by atoms with Gasteiger partial charge < -0.3 is 29.9 Å². The molecule has 6 fully saturated rings. The van der Waals surface area contributed by atoms with Gasteiger partial charge >= 0.3 is 0 Å². The summed E-state index contributed by atoms with van der Waals surface area (Å²) in [7, 11) is 0. The molecule has 0 aromatic rings. The van der Waals surface area contributed by atoms with E-state index in [2.05, 4.69) is 40.7 Å². The van der Waals surface area contributed by atoms with Crippen molar-refractivity contribution in [3.8, 4) is 0 Å². The molecule has 2 bridgehead atoms. The highest BCUT2D eigenvalue weighted by atomic mass is 16.8. The fourth-order valence-corrected chi connectivity index (χ4v) is 11.9. The second-order valence-electron chi connectivity index (χ2n) is 15.6. The van der Waals surface area contributed by atoms with Crippen molar-refractivity contribution >= 4 is 0 Å². The van der Waals surface area contributed by atoms with Gasteiger partial charge in [-0.05, 0) is 75.0 Å². The molecular weight excluding hydrogens is 456 g/mol. The maximum absolute atomic E-state index is 12.4. The zero-order valence-corrected chi connectivity index (χ0v) is 23.0. The summed E-state index contributed by atoms with van der Waals surface area (Å²) in [6, 6.07) is 0. The van der Waals surface area contributed by atoms with Crippen LogP contribution in [-0.4, -0.2) is 62.3 Å². The van der Waals surface area contributed by atoms with Gasteiger partial charge in [-0.2, -0.15) is 0 Å². The second kappa shape index (κ2) is 6.45. The number of hydrogen-bond donors (Lipinski definition) is 4. The van der Waals surface area contributed by atoms with Crippen molar-refractivity contribution in [2.75, 3.05) is 0 Å². The lowest BCUT2D eigenvalue weighted by Crippen LogP contribution is -2.60. The quantitative estimate of drug-likeness (QED) is 0.410. The monoisotopic (exact) mass is 502 g/mol. The van der Waals surface area contributed by atoms with Gasteiger partial charge in [0.15, 0.2) is 5.79 Å². The molecule has 0 unspecified atom stereocenters. The summed E-state index contributed by atoms with van der Waals surface area (Å²) in [6.07, 6.45) is 4.93. The Balaban J connectivity index is 1.39. The Labute approximate surface area is 215 Å². The van der Waals surface area contributed by atoms with Gasteiger partial charge in [-0.1, -0.05) is 46.3 Å². The van der Waals surface area contributed by atoms with Gasteiger partial charge in [-0.15, -0.1) is 0 Å². The summed E-state index contributed by atoms with van der Waals surface area (Å²) < 4.78 is 13.4. The molecule has 202 valence electrons. The first-order valence-corrected chi connectivity index (χ1v) is 14.4. The molecule has 0 aromatic heterocycles. The van der Waals surface area contributed by atoms with Crippen LogP contribution >= 0.6 is 0 Å². The number of ether oxygens (including phenoxy) is 2. The van der Waals surface area contributed by atoms with Gasteiger partial charge in [-0.25, -0.2) is 0 Å². The fraction of sp³-hybridized carbons (Fsp3) is 0.933. The standard InChI is InChI=1S/C30H46O6/c1-15-12-16-22(25(4,5)34)36-30(35-16)21(15)27(7)20(32)13-29-14-28(29)11-10-19(31)24(2,3)17(28)8-9-18(29)26(27,6)23(30)33/h9,15-17,19-23,31-34H,8,10-14H2,1-7H3/t15-,16-,17+,19+,20-,21-,22+,23-,26-,27-,28-,29+,30+/m1/s1. The summed E-state index contributed by atoms with van der Waals surface area (Å²) in [5.41, 5.74) is -1.34. The van der Waals surface area contributed by atoms with E-state index < -0.39 is 40.5 Å². The number of aliphatic hydroxyl groups is 4. The number of allylic oxidation sites excluding steroid dienone is 1. The summed E-state index contributed by atoms with van der Waals surface area (Å²) in [4.78, 5) is 0. The zero-order chi connectivity index (χ0) is 26.1. The van der Waals surface area contributed by atoms with E-state index in [9.17, 15) is 20.4 Å². The first kappa shape index (κ1) is 24.5. The van der Waals surface area contributed by atoms with Crippen LogP contribution in [0.4, 0.5) is 0 Å². The third-order valence-corrected chi connectivity index (χ3v) is 13.6. The number of hydrogen-bond acceptors (Lipinski definition) is 6. The van der Waals surface area contributed by atoms with Gasteiger partial charge in [0.2, 0.25) is 0 Å². The van der Waals surface area contributed by atoms with Gasteiger partial charge in [0.1, 0.15) is 12.2 Å². The summed E-state index contributed by atoms with van der Waals surface area (Å²) >= 11 is 0. The Bertz CT molecular complexity index is 1050. The van der Waals surface area contributed by atoms with Gasteiger partial charge in [0, 0.05) is 22.2 Å². The summed E-state index contributed by atoms with van der Waals surface area (Å²) in [5.74, 6) is -0.863. The average molecular weight is 503 g/mol. The topological polar surface area (TPSA) is 99.4 Å². The number of rotatable bonds is 1. The van der Waals surface area contributed by atoms with E-state index >= 15 is 0 Å². The maximum Gasteiger partial charge on any atom is 0.200 e. The number of fused-ring (bicyclic) bond motifs is 4. The lowest BCUT2D eigenvalue weighted by Gasteiger charge is -2.61. The lowest BCUT2D eigenvalue weighted by atomic mass is 9.44. The van der Waals surface area contributed by atoms with E-state index in [-0.39, 0.29) is 40.3 Å². The van der Waals surface area contributed by atoms with Crippen LogP contribution in [0.15, 0.2) is 11.6 Å². The molecular formula is C30H46O6. The predicted molar refractivity (Wildman–Crippen MR) is 134 cm³/mol. The SMILES string of the molecule is C[C@@H]1C[C@H]2O[C@]3(O[C@@H]2C(C)(C)O)[C@H]1[C@@]1(C)[C@H](O)C[C@@]24C[C@@]25CC[C@H](O)C(C)(C)[C@@H]5CC=C4[C@]1(C)[C@H]3O. The summed E-state index contributed by atoms with van der Waals surface area (Å²) in [5, 5.41) is 46.5. The molecule has 0 radical (unpaired) electrons. The van der Waals surface area contributed by atoms with Gasteiger partial charge in [-0.3, -0.25) is 0 Å². The molecule has 7 rings (SSSR count). The van der Waals surface area contributed by atoms with Crippen LogP contribution in [0.2, 0.25) is 0 Å². The first-order chi connectivity index (χ1) is 16.5. The molecule has 13 atom stereocenters. The van der Waals surface area contributed by atoms with Crippen LogP contribution in [0.1, 0.15) is 87.0 Å². The Hall–Kier alpha value is -0.500. The van der Waals surface area contributed by atoms with Gasteiger partial charge in [0.05, 0.1) is 23.9 Å². The van der Waals surface area contributed by atoms with Gasteiger partial charge in [0.25, 0.3) is 0 Å². The highest BCUT2D eigenvalue weighted by Gasteiger charge is 2.88. The molecule has 4 N–H and O–H groups in total. The van der Waals surface area contributed by atoms with Crippen molar-refractivity contribution in [2.45, 2.75) is 129 Å². The predicted octanol–water partition coefficient (Wildman–Crippen LogP) is 3.55. The van der Waals surface area contributed by atoms with Crippen LogP contribution in [0, 0.1) is 44.8 Å². The fourth-order valence-electron chi connectivity index (χ4n) is 11.9. The minimum Gasteiger partial charge on any atom is -0.393 e. The number of aliphatic hydroxyl groups excluding tert-OH is 3. The normalized spacial score (nSPS) is 62.4. The van der Waals surface area contributed by atoms with E-state index in [0.29, 0.717) is 12.3 Å². The molecule has 3 spiro atoms. The molecule has 2 saturated heterocycles. The highest BCUT2D eigenvalue weighted by molar-refractivity contribution is 5.49. The molecule has 4 saturated carbocycles. The molecule has 6 heteroatoms. The van der Waals surface area contributed by atoms with Crippen LogP contribution in [0.5, 0.6) is 0 Å². The Morgan fingerprint density at radius 3 is 2.39 bits per heavy atom. The molecule has 2 aliphatic heterocycles. The lowest BCUT2D eigenvalue weighted by molar-refractivity contribution is -0.281. The van der Waals surface area contributed by atoms with Crippen molar-refractivity contribution < 1.29 is 29.9 Å². The molecule has 7 aliphatic rings. The molecule has 2 heterocycles. The van der Waals surface area contributed by atoms with Crippen molar-refractivity contribution in [1.29, 1.82) is 0 Å². The first-order valence-electron chi connectivity index (χ1n) is 14.4. The minimum atomic E-state index is -1.23. The second-order valence-corrected chi connectivity index (χ2v) is 15.6. The molecule has 36 heavy (non-hydrogen) atoms. The minimum absolute atomic E-state index is 0.0808. The maximum atomic E-state index is 12.4. The molecule has 0 aromatic carbocycles. The van der Waals surface area contributed by atoms with Crippen LogP contribution in [0.25, 0.3) is 0 Å².